The first-order valence-electron chi connectivity index (χ1n) is 14.6. The summed E-state index contributed by atoms with van der Waals surface area (Å²) in [5.74, 6) is -0.506. The number of nitrogens with zero attached hydrogens (tertiary/aromatic N) is 3. The Hall–Kier alpha value is -5.28. The Morgan fingerprint density at radius 1 is 0.911 bits per heavy atom. The molecule has 2 aliphatic rings. The highest BCUT2D eigenvalue weighted by Gasteiger charge is 2.66. The standard InChI is InChI=1S/C36H27N3O5S/c1-19-9-11-22(12-10-19)18-38-27-8-6-5-7-25(27)36(34(38)42)30-31(40)24-15-20(2)21(3)16-28(24)44-32(30)33(41)39(36)35-37-26-14-13-23(43-4)17-29(26)45-35/h5-17H,18H2,1-4H3. The molecule has 8 rings (SSSR count). The second-order valence-corrected chi connectivity index (χ2v) is 12.7. The lowest BCUT2D eigenvalue weighted by atomic mass is 9.84. The van der Waals surface area contributed by atoms with Crippen molar-refractivity contribution < 1.29 is 18.7 Å². The zero-order valence-corrected chi connectivity index (χ0v) is 25.8. The van der Waals surface area contributed by atoms with E-state index in [1.165, 1.54) is 16.2 Å². The second-order valence-electron chi connectivity index (χ2n) is 11.6. The number of anilines is 2. The molecule has 2 amide bonds. The third kappa shape index (κ3) is 3.70. The number of thiazole rings is 1. The van der Waals surface area contributed by atoms with Gasteiger partial charge in [-0.2, -0.15) is 0 Å². The molecular weight excluding hydrogens is 586 g/mol. The van der Waals surface area contributed by atoms with E-state index in [0.29, 0.717) is 33.5 Å². The number of rotatable bonds is 4. The normalized spacial score (nSPS) is 17.2. The van der Waals surface area contributed by atoms with Gasteiger partial charge in [-0.15, -0.1) is 0 Å². The number of methoxy groups -OCH3 is 1. The number of benzene rings is 4. The van der Waals surface area contributed by atoms with E-state index < -0.39 is 22.8 Å². The van der Waals surface area contributed by atoms with Crippen molar-refractivity contribution in [2.45, 2.75) is 32.9 Å². The molecule has 0 fully saturated rings. The molecule has 45 heavy (non-hydrogen) atoms. The molecule has 0 radical (unpaired) electrons. The van der Waals surface area contributed by atoms with E-state index in [0.717, 1.165) is 27.0 Å². The summed E-state index contributed by atoms with van der Waals surface area (Å²) in [7, 11) is 1.58. The van der Waals surface area contributed by atoms with E-state index in [9.17, 15) is 9.59 Å². The molecule has 222 valence electrons. The molecule has 0 N–H and O–H groups in total. The molecule has 2 aliphatic heterocycles. The fraction of sp³-hybridized carbons (Fsp3) is 0.167. The molecule has 4 heterocycles. The van der Waals surface area contributed by atoms with Gasteiger partial charge in [0.05, 0.1) is 40.5 Å². The highest BCUT2D eigenvalue weighted by atomic mass is 32.1. The number of hydrogen-bond acceptors (Lipinski definition) is 7. The third-order valence-electron chi connectivity index (χ3n) is 8.98. The molecule has 1 spiro atoms. The van der Waals surface area contributed by atoms with Crippen molar-refractivity contribution >= 4 is 55.2 Å². The molecule has 6 aromatic rings. The number of hydrogen-bond donors (Lipinski definition) is 0. The van der Waals surface area contributed by atoms with Gasteiger partial charge < -0.3 is 14.1 Å². The smallest absolute Gasteiger partial charge is 0.297 e. The summed E-state index contributed by atoms with van der Waals surface area (Å²) in [6, 6.07) is 24.3. The fourth-order valence-electron chi connectivity index (χ4n) is 6.57. The minimum absolute atomic E-state index is 0.0175. The number of aromatic nitrogens is 1. The minimum Gasteiger partial charge on any atom is -0.497 e. The van der Waals surface area contributed by atoms with Crippen LogP contribution >= 0.6 is 11.3 Å². The third-order valence-corrected chi connectivity index (χ3v) is 9.98. The van der Waals surface area contributed by atoms with Crippen LogP contribution in [0.5, 0.6) is 5.75 Å². The molecule has 0 saturated heterocycles. The van der Waals surface area contributed by atoms with Crippen molar-refractivity contribution in [3.8, 4) is 5.75 Å². The van der Waals surface area contributed by atoms with Gasteiger partial charge in [-0.3, -0.25) is 19.3 Å². The van der Waals surface area contributed by atoms with E-state index in [4.69, 9.17) is 14.1 Å². The fourth-order valence-corrected chi connectivity index (χ4v) is 7.61. The Kier molecular flexibility index (Phi) is 5.83. The maximum atomic E-state index is 15.2. The predicted molar refractivity (Wildman–Crippen MR) is 175 cm³/mol. The number of amides is 2. The summed E-state index contributed by atoms with van der Waals surface area (Å²) >= 11 is 1.26. The monoisotopic (exact) mass is 613 g/mol. The van der Waals surface area contributed by atoms with Gasteiger partial charge in [0.25, 0.3) is 11.8 Å². The van der Waals surface area contributed by atoms with Crippen LogP contribution < -0.4 is 20.0 Å². The summed E-state index contributed by atoms with van der Waals surface area (Å²) in [5.41, 5.74) is 3.73. The molecule has 0 bridgehead atoms. The maximum absolute atomic E-state index is 15.2. The molecule has 2 aromatic heterocycles. The van der Waals surface area contributed by atoms with Crippen molar-refractivity contribution in [1.82, 2.24) is 4.98 Å². The first-order valence-corrected chi connectivity index (χ1v) is 15.4. The Morgan fingerprint density at radius 3 is 2.44 bits per heavy atom. The van der Waals surface area contributed by atoms with Gasteiger partial charge in [0, 0.05) is 5.56 Å². The lowest BCUT2D eigenvalue weighted by molar-refractivity contribution is -0.121. The van der Waals surface area contributed by atoms with Gasteiger partial charge in [0.1, 0.15) is 11.3 Å². The van der Waals surface area contributed by atoms with Gasteiger partial charge in [-0.05, 0) is 73.9 Å². The molecule has 0 aliphatic carbocycles. The van der Waals surface area contributed by atoms with Crippen LogP contribution in [0.3, 0.4) is 0 Å². The van der Waals surface area contributed by atoms with Gasteiger partial charge in [0.15, 0.2) is 16.1 Å². The Bertz CT molecular complexity index is 2310. The highest BCUT2D eigenvalue weighted by Crippen LogP contribution is 2.55. The van der Waals surface area contributed by atoms with E-state index in [2.05, 4.69) is 0 Å². The largest absolute Gasteiger partial charge is 0.497 e. The van der Waals surface area contributed by atoms with E-state index in [-0.39, 0.29) is 23.0 Å². The summed E-state index contributed by atoms with van der Waals surface area (Å²) in [6.45, 7) is 6.11. The average Bonchev–Trinajstić information content (AvgIpc) is 3.64. The number of carbonyl (C=O) groups is 2. The van der Waals surface area contributed by atoms with E-state index >= 15 is 4.79 Å². The number of aryl methyl sites for hydroxylation is 3. The second kappa shape index (κ2) is 9.61. The maximum Gasteiger partial charge on any atom is 0.297 e. The van der Waals surface area contributed by atoms with Gasteiger partial charge in [-0.1, -0.05) is 59.4 Å². The van der Waals surface area contributed by atoms with E-state index in [1.807, 2.05) is 81.4 Å². The number of fused-ring (bicyclic) bond motifs is 6. The van der Waals surface area contributed by atoms with Gasteiger partial charge in [-0.25, -0.2) is 4.98 Å². The van der Waals surface area contributed by atoms with Crippen molar-refractivity contribution in [3.05, 3.63) is 128 Å². The topological polar surface area (TPSA) is 93.0 Å². The number of para-hydroxylation sites is 1. The Balaban J connectivity index is 1.44. The van der Waals surface area contributed by atoms with Crippen LogP contribution in [0, 0.1) is 20.8 Å². The summed E-state index contributed by atoms with van der Waals surface area (Å²) < 4.78 is 12.5. The van der Waals surface area contributed by atoms with Crippen LogP contribution in [0.1, 0.15) is 43.9 Å². The van der Waals surface area contributed by atoms with Crippen molar-refractivity contribution in [2.75, 3.05) is 16.9 Å². The van der Waals surface area contributed by atoms with Crippen LogP contribution in [0.4, 0.5) is 10.8 Å². The molecule has 1 atom stereocenters. The summed E-state index contributed by atoms with van der Waals surface area (Å²) in [4.78, 5) is 52.3. The van der Waals surface area contributed by atoms with Crippen LogP contribution in [0.15, 0.2) is 88.1 Å². The molecule has 8 nitrogen and oxygen atoms in total. The van der Waals surface area contributed by atoms with E-state index in [1.54, 1.807) is 30.2 Å². The van der Waals surface area contributed by atoms with Crippen LogP contribution in [0.25, 0.3) is 21.2 Å². The van der Waals surface area contributed by atoms with Crippen molar-refractivity contribution in [3.63, 3.8) is 0 Å². The molecule has 9 heteroatoms. The van der Waals surface area contributed by atoms with Gasteiger partial charge in [0.2, 0.25) is 5.76 Å². The predicted octanol–water partition coefficient (Wildman–Crippen LogP) is 6.79. The lowest BCUT2D eigenvalue weighted by Gasteiger charge is -2.32. The minimum atomic E-state index is -1.82. The Morgan fingerprint density at radius 2 is 1.67 bits per heavy atom. The van der Waals surface area contributed by atoms with Crippen LogP contribution in [0.2, 0.25) is 0 Å². The first-order chi connectivity index (χ1) is 21.7. The number of carbonyl (C=O) groups excluding carboxylic acids is 2. The average molecular weight is 614 g/mol. The summed E-state index contributed by atoms with van der Waals surface area (Å²) in [6.07, 6.45) is 0. The molecule has 0 saturated carbocycles. The zero-order valence-electron chi connectivity index (χ0n) is 25.0. The number of ether oxygens (including phenoxy) is 1. The summed E-state index contributed by atoms with van der Waals surface area (Å²) in [5, 5.41) is 0.605. The first kappa shape index (κ1) is 27.3. The molecule has 1 unspecified atom stereocenters. The Labute approximate surface area is 262 Å². The van der Waals surface area contributed by atoms with Gasteiger partial charge >= 0.3 is 0 Å². The SMILES string of the molecule is COc1ccc2nc(N3C(=O)c4oc5cc(C)c(C)cc5c(=O)c4C34C(=O)N(Cc3ccc(C)cc3)c3ccccc34)sc2c1. The zero-order chi connectivity index (χ0) is 31.2. The highest BCUT2D eigenvalue weighted by molar-refractivity contribution is 7.22. The lowest BCUT2D eigenvalue weighted by Crippen LogP contribution is -2.53. The quantitative estimate of drug-likeness (QED) is 0.218. The van der Waals surface area contributed by atoms with Crippen LogP contribution in [-0.2, 0) is 16.9 Å². The van der Waals surface area contributed by atoms with Crippen LogP contribution in [-0.4, -0.2) is 23.9 Å². The molecular formula is C36H27N3O5S. The molecule has 4 aromatic carbocycles. The van der Waals surface area contributed by atoms with Crippen molar-refractivity contribution in [1.29, 1.82) is 0 Å². The van der Waals surface area contributed by atoms with Crippen molar-refractivity contribution in [2.24, 2.45) is 0 Å².